The Balaban J connectivity index is 2.70. The molecular weight excluding hydrogens is 276 g/mol. The molecule has 1 aromatic rings. The molecule has 122 valence electrons. The van der Waals surface area contributed by atoms with Gasteiger partial charge in [0.05, 0.1) is 6.04 Å². The third-order valence-corrected chi connectivity index (χ3v) is 3.87. The van der Waals surface area contributed by atoms with E-state index in [9.17, 15) is 9.59 Å². The van der Waals surface area contributed by atoms with Crippen molar-refractivity contribution in [3.8, 4) is 0 Å². The molecule has 4 nitrogen and oxygen atoms in total. The summed E-state index contributed by atoms with van der Waals surface area (Å²) >= 11 is 0. The van der Waals surface area contributed by atoms with Crippen LogP contribution >= 0.6 is 0 Å². The number of nitrogens with two attached hydrogens (primary N) is 1. The van der Waals surface area contributed by atoms with Gasteiger partial charge in [-0.25, -0.2) is 0 Å². The molecule has 3 N–H and O–H groups in total. The first-order valence-corrected chi connectivity index (χ1v) is 8.09. The highest BCUT2D eigenvalue weighted by Gasteiger charge is 2.24. The van der Waals surface area contributed by atoms with Crippen LogP contribution in [0.1, 0.15) is 45.6 Å². The van der Waals surface area contributed by atoms with Crippen molar-refractivity contribution in [3.63, 3.8) is 0 Å². The minimum atomic E-state index is -0.646. The van der Waals surface area contributed by atoms with E-state index in [0.29, 0.717) is 6.42 Å². The van der Waals surface area contributed by atoms with E-state index in [1.807, 2.05) is 44.2 Å². The van der Waals surface area contributed by atoms with Crippen molar-refractivity contribution in [1.82, 2.24) is 5.32 Å². The highest BCUT2D eigenvalue weighted by atomic mass is 16.2. The zero-order valence-corrected chi connectivity index (χ0v) is 13.8. The lowest BCUT2D eigenvalue weighted by atomic mass is 9.93. The largest absolute Gasteiger partial charge is 0.320 e. The van der Waals surface area contributed by atoms with Crippen LogP contribution in [0.4, 0.5) is 0 Å². The lowest BCUT2D eigenvalue weighted by molar-refractivity contribution is -0.134. The first-order chi connectivity index (χ1) is 10.5. The van der Waals surface area contributed by atoms with Crippen LogP contribution in [-0.2, 0) is 16.0 Å². The maximum absolute atomic E-state index is 12.4. The smallest absolute Gasteiger partial charge is 0.243 e. The molecule has 4 heteroatoms. The van der Waals surface area contributed by atoms with Gasteiger partial charge in [-0.3, -0.25) is 14.9 Å². The van der Waals surface area contributed by atoms with E-state index in [4.69, 9.17) is 5.73 Å². The van der Waals surface area contributed by atoms with Crippen molar-refractivity contribution in [2.24, 2.45) is 17.6 Å². The fraction of sp³-hybridized carbons (Fsp3) is 0.556. The Bertz CT molecular complexity index is 471. The maximum Gasteiger partial charge on any atom is 0.243 e. The fourth-order valence-corrected chi connectivity index (χ4v) is 2.28. The van der Waals surface area contributed by atoms with Crippen molar-refractivity contribution in [1.29, 1.82) is 0 Å². The zero-order chi connectivity index (χ0) is 16.5. The molecule has 0 bridgehead atoms. The molecule has 0 aliphatic carbocycles. The van der Waals surface area contributed by atoms with Gasteiger partial charge < -0.3 is 5.73 Å². The highest BCUT2D eigenvalue weighted by molar-refractivity contribution is 5.98. The Kier molecular flexibility index (Phi) is 7.82. The second-order valence-corrected chi connectivity index (χ2v) is 6.15. The first-order valence-electron chi connectivity index (χ1n) is 8.09. The minimum Gasteiger partial charge on any atom is -0.320 e. The summed E-state index contributed by atoms with van der Waals surface area (Å²) in [6, 6.07) is 9.25. The quantitative estimate of drug-likeness (QED) is 0.775. The van der Waals surface area contributed by atoms with Gasteiger partial charge in [-0.2, -0.15) is 0 Å². The monoisotopic (exact) mass is 304 g/mol. The summed E-state index contributed by atoms with van der Waals surface area (Å²) in [4.78, 5) is 24.4. The molecule has 0 saturated carbocycles. The molecule has 0 saturated heterocycles. The Hall–Kier alpha value is -1.68. The summed E-state index contributed by atoms with van der Waals surface area (Å²) < 4.78 is 0. The number of nitrogens with one attached hydrogen (secondary N) is 1. The number of imide groups is 1. The average Bonchev–Trinajstić information content (AvgIpc) is 2.51. The SMILES string of the molecule is CCCCC(Cc1ccccc1)C(=O)NC(=O)[C@@H](N)C(C)C. The summed E-state index contributed by atoms with van der Waals surface area (Å²) in [5.74, 6) is -0.769. The number of rotatable bonds is 8. The maximum atomic E-state index is 12.4. The van der Waals surface area contributed by atoms with Gasteiger partial charge in [-0.05, 0) is 24.3 Å². The molecule has 2 amide bonds. The molecule has 1 unspecified atom stereocenters. The lowest BCUT2D eigenvalue weighted by Crippen LogP contribution is -2.48. The summed E-state index contributed by atoms with van der Waals surface area (Å²) in [6.07, 6.45) is 3.42. The van der Waals surface area contributed by atoms with Gasteiger partial charge in [0.2, 0.25) is 11.8 Å². The Morgan fingerprint density at radius 2 is 1.77 bits per heavy atom. The van der Waals surface area contributed by atoms with Crippen molar-refractivity contribution in [2.45, 2.75) is 52.5 Å². The number of unbranched alkanes of at least 4 members (excludes halogenated alkanes) is 1. The predicted molar refractivity (Wildman–Crippen MR) is 89.1 cm³/mol. The van der Waals surface area contributed by atoms with E-state index in [1.165, 1.54) is 0 Å². The third-order valence-electron chi connectivity index (χ3n) is 3.87. The van der Waals surface area contributed by atoms with E-state index >= 15 is 0 Å². The van der Waals surface area contributed by atoms with Crippen LogP contribution in [0.25, 0.3) is 0 Å². The van der Waals surface area contributed by atoms with Crippen LogP contribution in [0, 0.1) is 11.8 Å². The molecule has 0 aliphatic rings. The number of amides is 2. The standard InChI is InChI=1S/C18H28N2O2/c1-4-5-11-15(12-14-9-7-6-8-10-14)17(21)20-18(22)16(19)13(2)3/h6-10,13,15-16H,4-5,11-12,19H2,1-3H3,(H,20,21,22)/t15?,16-/m0/s1. The summed E-state index contributed by atoms with van der Waals surface area (Å²) in [5, 5.41) is 2.49. The molecule has 0 spiro atoms. The van der Waals surface area contributed by atoms with Gasteiger partial charge in [-0.15, -0.1) is 0 Å². The van der Waals surface area contributed by atoms with E-state index in [1.54, 1.807) is 0 Å². The van der Waals surface area contributed by atoms with Gasteiger partial charge in [0, 0.05) is 5.92 Å². The fourth-order valence-electron chi connectivity index (χ4n) is 2.28. The van der Waals surface area contributed by atoms with Gasteiger partial charge in [-0.1, -0.05) is 63.9 Å². The first kappa shape index (κ1) is 18.4. The normalized spacial score (nSPS) is 13.7. The molecule has 1 aromatic carbocycles. The van der Waals surface area contributed by atoms with Crippen LogP contribution in [0.5, 0.6) is 0 Å². The lowest BCUT2D eigenvalue weighted by Gasteiger charge is -2.19. The van der Waals surface area contributed by atoms with Crippen LogP contribution in [0.2, 0.25) is 0 Å². The molecule has 0 fully saturated rings. The summed E-state index contributed by atoms with van der Waals surface area (Å²) in [5.41, 5.74) is 6.91. The third kappa shape index (κ3) is 5.98. The topological polar surface area (TPSA) is 72.2 Å². The Morgan fingerprint density at radius 1 is 1.14 bits per heavy atom. The van der Waals surface area contributed by atoms with Gasteiger partial charge in [0.25, 0.3) is 0 Å². The molecule has 2 atom stereocenters. The van der Waals surface area contributed by atoms with Gasteiger partial charge in [0.15, 0.2) is 0 Å². The van der Waals surface area contributed by atoms with Crippen LogP contribution in [0.15, 0.2) is 30.3 Å². The van der Waals surface area contributed by atoms with Gasteiger partial charge >= 0.3 is 0 Å². The molecule has 1 rings (SSSR count). The van der Waals surface area contributed by atoms with Crippen LogP contribution < -0.4 is 11.1 Å². The Morgan fingerprint density at radius 3 is 2.32 bits per heavy atom. The summed E-state index contributed by atoms with van der Waals surface area (Å²) in [6.45, 7) is 5.83. The van der Waals surface area contributed by atoms with E-state index in [0.717, 1.165) is 24.8 Å². The summed E-state index contributed by atoms with van der Waals surface area (Å²) in [7, 11) is 0. The second-order valence-electron chi connectivity index (χ2n) is 6.15. The predicted octanol–water partition coefficient (Wildman–Crippen LogP) is 2.66. The van der Waals surface area contributed by atoms with Gasteiger partial charge in [0.1, 0.15) is 0 Å². The molecule has 0 aliphatic heterocycles. The minimum absolute atomic E-state index is 0.0102. The number of hydrogen-bond donors (Lipinski definition) is 2. The zero-order valence-electron chi connectivity index (χ0n) is 13.8. The van der Waals surface area contributed by atoms with E-state index in [2.05, 4.69) is 12.2 Å². The number of carbonyl (C=O) groups excluding carboxylic acids is 2. The molecule has 0 heterocycles. The second kappa shape index (κ2) is 9.36. The van der Waals surface area contributed by atoms with Crippen molar-refractivity contribution in [3.05, 3.63) is 35.9 Å². The highest BCUT2D eigenvalue weighted by Crippen LogP contribution is 2.16. The molecule has 0 radical (unpaired) electrons. The number of hydrogen-bond acceptors (Lipinski definition) is 3. The van der Waals surface area contributed by atoms with E-state index in [-0.39, 0.29) is 23.7 Å². The van der Waals surface area contributed by atoms with E-state index < -0.39 is 6.04 Å². The van der Waals surface area contributed by atoms with Crippen molar-refractivity contribution >= 4 is 11.8 Å². The Labute approximate surface area is 133 Å². The average molecular weight is 304 g/mol. The number of benzene rings is 1. The molecular formula is C18H28N2O2. The van der Waals surface area contributed by atoms with Crippen molar-refractivity contribution in [2.75, 3.05) is 0 Å². The molecule has 22 heavy (non-hydrogen) atoms. The van der Waals surface area contributed by atoms with Crippen LogP contribution in [-0.4, -0.2) is 17.9 Å². The number of carbonyl (C=O) groups is 2. The van der Waals surface area contributed by atoms with Crippen molar-refractivity contribution < 1.29 is 9.59 Å². The van der Waals surface area contributed by atoms with Crippen LogP contribution in [0.3, 0.4) is 0 Å². The molecule has 0 aromatic heterocycles.